The molecule has 0 aliphatic heterocycles. The van der Waals surface area contributed by atoms with Crippen molar-refractivity contribution in [3.8, 4) is 0 Å². The Morgan fingerprint density at radius 1 is 1.59 bits per heavy atom. The van der Waals surface area contributed by atoms with Gasteiger partial charge in [0.1, 0.15) is 5.82 Å². The zero-order valence-electron chi connectivity index (χ0n) is 9.54. The topological polar surface area (TPSA) is 49.3 Å². The Bertz CT molecular complexity index is 398. The lowest BCUT2D eigenvalue weighted by atomic mass is 10.1. The molecule has 2 N–H and O–H groups in total. The van der Waals surface area contributed by atoms with Gasteiger partial charge in [0.25, 0.3) is 0 Å². The highest BCUT2D eigenvalue weighted by Crippen LogP contribution is 2.16. The number of hydrogen-bond donors (Lipinski definition) is 2. The lowest BCUT2D eigenvalue weighted by Gasteiger charge is -2.12. The minimum atomic E-state index is -0.391. The first-order valence-corrected chi connectivity index (χ1v) is 6.16. The van der Waals surface area contributed by atoms with Crippen molar-refractivity contribution >= 4 is 21.8 Å². The van der Waals surface area contributed by atoms with Crippen LogP contribution < -0.4 is 5.32 Å². The van der Waals surface area contributed by atoms with Crippen molar-refractivity contribution in [2.24, 2.45) is 0 Å². The molecule has 0 saturated heterocycles. The summed E-state index contributed by atoms with van der Waals surface area (Å²) in [7, 11) is 0. The van der Waals surface area contributed by atoms with E-state index in [0.29, 0.717) is 12.0 Å². The molecule has 5 heteroatoms. The van der Waals surface area contributed by atoms with Crippen LogP contribution in [0, 0.1) is 5.82 Å². The van der Waals surface area contributed by atoms with Crippen molar-refractivity contribution in [3.05, 3.63) is 34.1 Å². The second-order valence-electron chi connectivity index (χ2n) is 3.89. The molecule has 0 saturated carbocycles. The molecule has 0 radical (unpaired) electrons. The highest BCUT2D eigenvalue weighted by atomic mass is 79.9. The summed E-state index contributed by atoms with van der Waals surface area (Å²) in [6, 6.07) is 4.39. The number of benzene rings is 1. The van der Waals surface area contributed by atoms with Crippen LogP contribution in [0.25, 0.3) is 0 Å². The van der Waals surface area contributed by atoms with Crippen LogP contribution in [-0.4, -0.2) is 23.7 Å². The predicted molar refractivity (Wildman–Crippen MR) is 67.1 cm³/mol. The number of nitrogens with one attached hydrogen (secondary N) is 1. The monoisotopic (exact) mass is 303 g/mol. The maximum Gasteiger partial charge on any atom is 0.224 e. The van der Waals surface area contributed by atoms with Crippen molar-refractivity contribution in [2.45, 2.75) is 25.8 Å². The summed E-state index contributed by atoms with van der Waals surface area (Å²) < 4.78 is 14.1. The van der Waals surface area contributed by atoms with Crippen LogP contribution in [0.5, 0.6) is 0 Å². The van der Waals surface area contributed by atoms with Crippen LogP contribution in [0.4, 0.5) is 4.39 Å². The fraction of sp³-hybridized carbons (Fsp3) is 0.417. The van der Waals surface area contributed by atoms with E-state index in [0.717, 1.165) is 4.47 Å². The summed E-state index contributed by atoms with van der Waals surface area (Å²) in [4.78, 5) is 11.6. The van der Waals surface area contributed by atoms with Crippen LogP contribution in [0.3, 0.4) is 0 Å². The van der Waals surface area contributed by atoms with E-state index in [9.17, 15) is 9.18 Å². The first-order chi connectivity index (χ1) is 8.02. The largest absolute Gasteiger partial charge is 0.396 e. The number of carbonyl (C=O) groups is 1. The fourth-order valence-electron chi connectivity index (χ4n) is 1.44. The average molecular weight is 304 g/mol. The summed E-state index contributed by atoms with van der Waals surface area (Å²) in [6.07, 6.45) is 0.494. The third-order valence-electron chi connectivity index (χ3n) is 2.33. The first-order valence-electron chi connectivity index (χ1n) is 5.37. The minimum Gasteiger partial charge on any atom is -0.396 e. The molecule has 1 amide bonds. The molecule has 1 rings (SSSR count). The Morgan fingerprint density at radius 2 is 2.29 bits per heavy atom. The van der Waals surface area contributed by atoms with Crippen LogP contribution >= 0.6 is 15.9 Å². The maximum atomic E-state index is 13.4. The van der Waals surface area contributed by atoms with E-state index in [2.05, 4.69) is 21.2 Å². The quantitative estimate of drug-likeness (QED) is 0.874. The molecular formula is C12H15BrFNO2. The number of rotatable bonds is 5. The van der Waals surface area contributed by atoms with Gasteiger partial charge in [0, 0.05) is 17.1 Å². The Hall–Kier alpha value is -0.940. The maximum absolute atomic E-state index is 13.4. The van der Waals surface area contributed by atoms with Gasteiger partial charge in [0.2, 0.25) is 5.91 Å². The van der Waals surface area contributed by atoms with E-state index in [4.69, 9.17) is 5.11 Å². The van der Waals surface area contributed by atoms with Crippen molar-refractivity contribution < 1.29 is 14.3 Å². The molecule has 0 aromatic heterocycles. The lowest BCUT2D eigenvalue weighted by molar-refractivity contribution is -0.121. The van der Waals surface area contributed by atoms with Crippen molar-refractivity contribution in [3.63, 3.8) is 0 Å². The van der Waals surface area contributed by atoms with E-state index < -0.39 is 5.82 Å². The van der Waals surface area contributed by atoms with Crippen molar-refractivity contribution in [1.29, 1.82) is 0 Å². The Kier molecular flexibility index (Phi) is 5.58. The molecule has 0 aliphatic rings. The molecule has 17 heavy (non-hydrogen) atoms. The third kappa shape index (κ3) is 4.83. The van der Waals surface area contributed by atoms with Crippen LogP contribution in [0.2, 0.25) is 0 Å². The normalized spacial score (nSPS) is 12.2. The molecule has 3 nitrogen and oxygen atoms in total. The van der Waals surface area contributed by atoms with Gasteiger partial charge in [-0.2, -0.15) is 0 Å². The Labute approximate surface area is 108 Å². The third-order valence-corrected chi connectivity index (χ3v) is 2.82. The van der Waals surface area contributed by atoms with Crippen LogP contribution in [-0.2, 0) is 11.2 Å². The number of aliphatic hydroxyl groups is 1. The van der Waals surface area contributed by atoms with Gasteiger partial charge in [-0.1, -0.05) is 15.9 Å². The number of halogens is 2. The number of amides is 1. The van der Waals surface area contributed by atoms with Gasteiger partial charge in [0.05, 0.1) is 6.42 Å². The van der Waals surface area contributed by atoms with Crippen LogP contribution in [0.15, 0.2) is 22.7 Å². The van der Waals surface area contributed by atoms with Gasteiger partial charge in [-0.05, 0) is 37.1 Å². The summed E-state index contributed by atoms with van der Waals surface area (Å²) in [5.74, 6) is -0.638. The lowest BCUT2D eigenvalue weighted by Crippen LogP contribution is -2.34. The van der Waals surface area contributed by atoms with Gasteiger partial charge in [-0.15, -0.1) is 0 Å². The molecule has 1 aromatic carbocycles. The molecule has 1 atom stereocenters. The minimum absolute atomic E-state index is 0.00103. The molecule has 0 bridgehead atoms. The average Bonchev–Trinajstić information content (AvgIpc) is 2.23. The number of carbonyl (C=O) groups excluding carboxylic acids is 1. The molecule has 94 valence electrons. The van der Waals surface area contributed by atoms with Crippen molar-refractivity contribution in [2.75, 3.05) is 6.61 Å². The van der Waals surface area contributed by atoms with Crippen LogP contribution in [0.1, 0.15) is 18.9 Å². The molecule has 1 aromatic rings. The molecule has 0 heterocycles. The van der Waals surface area contributed by atoms with E-state index >= 15 is 0 Å². The molecule has 0 spiro atoms. The molecule has 0 fully saturated rings. The predicted octanol–water partition coefficient (Wildman–Crippen LogP) is 2.02. The fourth-order valence-corrected chi connectivity index (χ4v) is 1.85. The van der Waals surface area contributed by atoms with E-state index in [1.165, 1.54) is 6.07 Å². The number of aliphatic hydroxyl groups excluding tert-OH is 1. The van der Waals surface area contributed by atoms with Gasteiger partial charge >= 0.3 is 0 Å². The second-order valence-corrected chi connectivity index (χ2v) is 4.81. The second kappa shape index (κ2) is 6.71. The first kappa shape index (κ1) is 14.1. The molecular weight excluding hydrogens is 289 g/mol. The van der Waals surface area contributed by atoms with E-state index in [-0.39, 0.29) is 25.0 Å². The number of hydrogen-bond acceptors (Lipinski definition) is 2. The highest BCUT2D eigenvalue weighted by molar-refractivity contribution is 9.10. The summed E-state index contributed by atoms with van der Waals surface area (Å²) in [5, 5.41) is 11.4. The SMILES string of the molecule is CC(CCO)NC(=O)Cc1cc(Br)ccc1F. The van der Waals surface area contributed by atoms with E-state index in [1.807, 2.05) is 0 Å². The smallest absolute Gasteiger partial charge is 0.224 e. The summed E-state index contributed by atoms with van der Waals surface area (Å²) >= 11 is 3.23. The Morgan fingerprint density at radius 3 is 2.94 bits per heavy atom. The zero-order chi connectivity index (χ0) is 12.8. The zero-order valence-corrected chi connectivity index (χ0v) is 11.1. The van der Waals surface area contributed by atoms with Gasteiger partial charge in [-0.25, -0.2) is 4.39 Å². The standard InChI is InChI=1S/C12H15BrFNO2/c1-8(4-5-16)15-12(17)7-9-6-10(13)2-3-11(9)14/h2-3,6,8,16H,4-5,7H2,1H3,(H,15,17). The van der Waals surface area contributed by atoms with Gasteiger partial charge < -0.3 is 10.4 Å². The summed E-state index contributed by atoms with van der Waals surface area (Å²) in [5.41, 5.74) is 0.355. The molecule has 0 aliphatic carbocycles. The Balaban J connectivity index is 2.58. The van der Waals surface area contributed by atoms with E-state index in [1.54, 1.807) is 19.1 Å². The highest BCUT2D eigenvalue weighted by Gasteiger charge is 2.11. The summed E-state index contributed by atoms with van der Waals surface area (Å²) in [6.45, 7) is 1.82. The van der Waals surface area contributed by atoms with Crippen molar-refractivity contribution in [1.82, 2.24) is 5.32 Å². The van der Waals surface area contributed by atoms with Gasteiger partial charge in [0.15, 0.2) is 0 Å². The molecule has 1 unspecified atom stereocenters. The van der Waals surface area contributed by atoms with Gasteiger partial charge in [-0.3, -0.25) is 4.79 Å².